The maximum Gasteiger partial charge on any atom is 0.239 e. The summed E-state index contributed by atoms with van der Waals surface area (Å²) in [4.78, 5) is 51.5. The predicted molar refractivity (Wildman–Crippen MR) is 246 cm³/mol. The minimum atomic E-state index is -0.740. The molecule has 0 atom stereocenters. The van der Waals surface area contributed by atoms with Crippen molar-refractivity contribution in [3.63, 3.8) is 0 Å². The summed E-state index contributed by atoms with van der Waals surface area (Å²) in [7, 11) is 0. The van der Waals surface area contributed by atoms with E-state index in [1.807, 2.05) is 0 Å². The highest BCUT2D eigenvalue weighted by molar-refractivity contribution is 5.89. The second-order valence-electron chi connectivity index (χ2n) is 15.4. The highest BCUT2D eigenvalue weighted by Gasteiger charge is 2.23. The van der Waals surface area contributed by atoms with E-state index in [1.54, 1.807) is 0 Å². The van der Waals surface area contributed by atoms with Crippen LogP contribution in [-0.2, 0) is 23.8 Å². The van der Waals surface area contributed by atoms with Crippen LogP contribution in [0.5, 0.6) is 57.5 Å². The summed E-state index contributed by atoms with van der Waals surface area (Å²) in [5.41, 5.74) is -1.39. The van der Waals surface area contributed by atoms with Gasteiger partial charge in [0, 0.05) is 74.5 Å². The second kappa shape index (κ2) is 24.2. The maximum atomic E-state index is 13.4. The Kier molecular flexibility index (Phi) is 17.7. The average Bonchev–Trinajstić information content (AvgIpc) is 3.30. The standard InChI is InChI=1S/C48H52N2O19/c51-29-23-35(57)41-37(25-29)68-45(27-7-9-31(53)33(55)21-27)47(43(41)61)66-15-1-5-39(59)49-11-3-13-63-17-19-65-20-18-64-14-4-12-50-40(60)6-2-16-67-48-44(62)42-36(58)24-30(52)26-38(42)69-46(48)28-8-10-32(54)34(56)22-28/h7-10,21-26,51-58H,1-6,11-20H2,(H,49,59)(H,50,60). The first-order chi connectivity index (χ1) is 33.2. The Morgan fingerprint density at radius 3 is 1.23 bits per heavy atom. The van der Waals surface area contributed by atoms with Gasteiger partial charge >= 0.3 is 0 Å². The number of phenols is 8. The van der Waals surface area contributed by atoms with Gasteiger partial charge in [-0.15, -0.1) is 0 Å². The third-order valence-electron chi connectivity index (χ3n) is 10.2. The van der Waals surface area contributed by atoms with Crippen LogP contribution in [0.2, 0.25) is 0 Å². The fraction of sp³-hybridized carbons (Fsp3) is 0.333. The normalized spacial score (nSPS) is 11.2. The highest BCUT2D eigenvalue weighted by Crippen LogP contribution is 2.40. The van der Waals surface area contributed by atoms with Crippen molar-refractivity contribution in [2.75, 3.05) is 65.9 Å². The van der Waals surface area contributed by atoms with Gasteiger partial charge in [0.1, 0.15) is 44.9 Å². The quantitative estimate of drug-likeness (QED) is 0.0254. The van der Waals surface area contributed by atoms with E-state index in [4.69, 9.17) is 32.5 Å². The number of carbonyl (C=O) groups excluding carboxylic acids is 2. The Morgan fingerprint density at radius 2 is 0.841 bits per heavy atom. The monoisotopic (exact) mass is 960 g/mol. The molecule has 2 amide bonds. The van der Waals surface area contributed by atoms with Crippen molar-refractivity contribution >= 4 is 33.8 Å². The van der Waals surface area contributed by atoms with E-state index < -0.39 is 45.4 Å². The SMILES string of the molecule is O=C(CCCOc1c(-c2ccc(O)c(O)c2)oc2cc(O)cc(O)c2c1=O)NCCCOCCOCCOCCCNC(=O)CCCOc1c(-c2ccc(O)c(O)c2)oc2cc(O)cc(O)c2c1=O. The second-order valence-corrected chi connectivity index (χ2v) is 15.4. The minimum Gasteiger partial charge on any atom is -0.508 e. The lowest BCUT2D eigenvalue weighted by Crippen LogP contribution is -2.25. The summed E-state index contributed by atoms with van der Waals surface area (Å²) in [6.45, 7) is 2.69. The molecular weight excluding hydrogens is 909 g/mol. The zero-order chi connectivity index (χ0) is 49.5. The molecule has 0 aliphatic heterocycles. The van der Waals surface area contributed by atoms with Gasteiger partial charge in [0.05, 0.1) is 39.6 Å². The Labute approximate surface area is 392 Å². The molecule has 0 spiro atoms. The Balaban J connectivity index is 0.777. The predicted octanol–water partition coefficient (Wildman–Crippen LogP) is 4.96. The van der Waals surface area contributed by atoms with Gasteiger partial charge in [0.15, 0.2) is 34.5 Å². The number of amides is 2. The molecule has 0 bridgehead atoms. The first-order valence-electron chi connectivity index (χ1n) is 21.8. The van der Waals surface area contributed by atoms with Crippen molar-refractivity contribution in [2.24, 2.45) is 0 Å². The van der Waals surface area contributed by atoms with Gasteiger partial charge < -0.3 is 84.0 Å². The Hall–Kier alpha value is -7.88. The zero-order valence-electron chi connectivity index (χ0n) is 37.2. The largest absolute Gasteiger partial charge is 0.508 e. The molecule has 0 saturated carbocycles. The van der Waals surface area contributed by atoms with Crippen LogP contribution >= 0.6 is 0 Å². The molecule has 2 aromatic heterocycles. The molecular formula is C48H52N2O19. The molecule has 368 valence electrons. The first kappa shape index (κ1) is 50.5. The van der Waals surface area contributed by atoms with Crippen molar-refractivity contribution in [3.05, 3.63) is 81.1 Å². The molecule has 0 radical (unpaired) electrons. The number of fused-ring (bicyclic) bond motifs is 2. The number of hydrogen-bond donors (Lipinski definition) is 10. The van der Waals surface area contributed by atoms with Gasteiger partial charge in [-0.2, -0.15) is 0 Å². The van der Waals surface area contributed by atoms with Crippen LogP contribution in [0.15, 0.2) is 79.1 Å². The average molecular weight is 961 g/mol. The van der Waals surface area contributed by atoms with Gasteiger partial charge in [0.25, 0.3) is 0 Å². The van der Waals surface area contributed by atoms with E-state index in [9.17, 15) is 60.0 Å². The maximum absolute atomic E-state index is 13.4. The van der Waals surface area contributed by atoms with Crippen molar-refractivity contribution in [1.29, 1.82) is 0 Å². The lowest BCUT2D eigenvalue weighted by molar-refractivity contribution is -0.122. The van der Waals surface area contributed by atoms with Crippen LogP contribution in [0.3, 0.4) is 0 Å². The van der Waals surface area contributed by atoms with E-state index in [0.29, 0.717) is 65.6 Å². The van der Waals surface area contributed by atoms with Crippen LogP contribution in [0, 0.1) is 0 Å². The summed E-state index contributed by atoms with van der Waals surface area (Å²) >= 11 is 0. The third kappa shape index (κ3) is 13.6. The summed E-state index contributed by atoms with van der Waals surface area (Å²) in [5.74, 6) is -4.81. The molecule has 2 heterocycles. The van der Waals surface area contributed by atoms with Crippen molar-refractivity contribution in [1.82, 2.24) is 10.6 Å². The fourth-order valence-corrected chi connectivity index (χ4v) is 6.84. The Morgan fingerprint density at radius 1 is 0.449 bits per heavy atom. The van der Waals surface area contributed by atoms with Crippen LogP contribution in [0.4, 0.5) is 0 Å². The molecule has 0 fully saturated rings. The van der Waals surface area contributed by atoms with Gasteiger partial charge in [-0.1, -0.05) is 0 Å². The third-order valence-corrected chi connectivity index (χ3v) is 10.2. The molecule has 0 aliphatic rings. The number of phenolic OH excluding ortho intramolecular Hbond substituents is 8. The summed E-state index contributed by atoms with van der Waals surface area (Å²) in [5, 5.41) is 85.1. The summed E-state index contributed by atoms with van der Waals surface area (Å²) in [6.07, 6.45) is 1.70. The van der Waals surface area contributed by atoms with E-state index in [1.165, 1.54) is 24.3 Å². The van der Waals surface area contributed by atoms with E-state index in [-0.39, 0.29) is 118 Å². The van der Waals surface area contributed by atoms with Crippen molar-refractivity contribution in [2.45, 2.75) is 38.5 Å². The smallest absolute Gasteiger partial charge is 0.239 e. The van der Waals surface area contributed by atoms with Gasteiger partial charge in [0.2, 0.25) is 34.2 Å². The number of ether oxygens (including phenoxy) is 5. The number of aromatic hydroxyl groups is 8. The van der Waals surface area contributed by atoms with Gasteiger partial charge in [-0.25, -0.2) is 0 Å². The van der Waals surface area contributed by atoms with Crippen LogP contribution in [0.1, 0.15) is 38.5 Å². The van der Waals surface area contributed by atoms with Crippen LogP contribution in [0.25, 0.3) is 44.6 Å². The minimum absolute atomic E-state index is 0.0745. The van der Waals surface area contributed by atoms with Crippen molar-refractivity contribution in [3.8, 4) is 80.1 Å². The number of carbonyl (C=O) groups is 2. The van der Waals surface area contributed by atoms with E-state index in [2.05, 4.69) is 10.6 Å². The lowest BCUT2D eigenvalue weighted by atomic mass is 10.1. The molecule has 69 heavy (non-hydrogen) atoms. The number of benzene rings is 4. The van der Waals surface area contributed by atoms with Gasteiger partial charge in [-0.3, -0.25) is 19.2 Å². The molecule has 21 nitrogen and oxygen atoms in total. The molecule has 4 aromatic carbocycles. The molecule has 0 aliphatic carbocycles. The van der Waals surface area contributed by atoms with Crippen LogP contribution in [-0.4, -0.2) is 119 Å². The molecule has 21 heteroatoms. The topological polar surface area (TPSA) is 327 Å². The number of nitrogens with one attached hydrogen (secondary N) is 2. The van der Waals surface area contributed by atoms with Crippen molar-refractivity contribution < 1.29 is 83.0 Å². The number of rotatable bonds is 26. The van der Waals surface area contributed by atoms with Crippen LogP contribution < -0.4 is 31.0 Å². The lowest BCUT2D eigenvalue weighted by Gasteiger charge is -2.13. The highest BCUT2D eigenvalue weighted by atomic mass is 16.5. The van der Waals surface area contributed by atoms with Gasteiger partial charge in [-0.05, 0) is 62.1 Å². The molecule has 6 aromatic rings. The molecule has 0 unspecified atom stereocenters. The van der Waals surface area contributed by atoms with E-state index >= 15 is 0 Å². The summed E-state index contributed by atoms with van der Waals surface area (Å²) < 4.78 is 39.7. The van der Waals surface area contributed by atoms with E-state index in [0.717, 1.165) is 36.4 Å². The fourth-order valence-electron chi connectivity index (χ4n) is 6.84. The first-order valence-corrected chi connectivity index (χ1v) is 21.8. The Bertz CT molecular complexity index is 2680. The molecule has 0 saturated heterocycles. The molecule has 10 N–H and O–H groups in total. The summed E-state index contributed by atoms with van der Waals surface area (Å²) in [6, 6.07) is 11.7. The number of hydrogen-bond acceptors (Lipinski definition) is 19. The zero-order valence-corrected chi connectivity index (χ0v) is 37.2. The molecule has 6 rings (SSSR count).